The number of amides is 1. The molecule has 1 unspecified atom stereocenters. The van der Waals surface area contributed by atoms with Crippen molar-refractivity contribution in [1.82, 2.24) is 5.32 Å². The van der Waals surface area contributed by atoms with E-state index in [0.717, 1.165) is 23.4 Å². The largest absolute Gasteiger partial charge is 0.496 e. The van der Waals surface area contributed by atoms with Crippen molar-refractivity contribution in [3.63, 3.8) is 0 Å². The van der Waals surface area contributed by atoms with Crippen LogP contribution in [0.25, 0.3) is 0 Å². The van der Waals surface area contributed by atoms with Gasteiger partial charge in [-0.25, -0.2) is 8.42 Å². The van der Waals surface area contributed by atoms with Crippen molar-refractivity contribution < 1.29 is 17.9 Å². The summed E-state index contributed by atoms with van der Waals surface area (Å²) in [6.07, 6.45) is 2.95. The number of carbonyl (C=O) groups excluding carboxylic acids is 1. The van der Waals surface area contributed by atoms with E-state index >= 15 is 0 Å². The van der Waals surface area contributed by atoms with Gasteiger partial charge in [0.05, 0.1) is 24.6 Å². The fourth-order valence-electron chi connectivity index (χ4n) is 2.07. The lowest BCUT2D eigenvalue weighted by molar-refractivity contribution is 0.0935. The van der Waals surface area contributed by atoms with E-state index in [1.54, 1.807) is 12.1 Å². The molecule has 0 fully saturated rings. The molecule has 0 aliphatic rings. The minimum Gasteiger partial charge on any atom is -0.496 e. The van der Waals surface area contributed by atoms with Crippen molar-refractivity contribution in [3.05, 3.63) is 23.8 Å². The first-order valence-corrected chi connectivity index (χ1v) is 8.98. The average molecular weight is 328 g/mol. The van der Waals surface area contributed by atoms with Crippen molar-refractivity contribution in [2.45, 2.75) is 32.7 Å². The first kappa shape index (κ1) is 18.3. The number of hydrogen-bond donors (Lipinski definition) is 1. The lowest BCUT2D eigenvalue weighted by Crippen LogP contribution is -2.33. The predicted octanol–water partition coefficient (Wildman–Crippen LogP) is 2.01. The molecule has 7 heteroatoms. The van der Waals surface area contributed by atoms with Crippen LogP contribution < -0.4 is 14.4 Å². The molecular formula is C15H24N2O4S. The van der Waals surface area contributed by atoms with Crippen molar-refractivity contribution in [3.8, 4) is 5.75 Å². The van der Waals surface area contributed by atoms with Crippen LogP contribution in [0.4, 0.5) is 5.69 Å². The second kappa shape index (κ2) is 7.49. The molecule has 0 spiro atoms. The third-order valence-electron chi connectivity index (χ3n) is 3.39. The van der Waals surface area contributed by atoms with Gasteiger partial charge in [-0.3, -0.25) is 9.10 Å². The lowest BCUT2D eigenvalue weighted by atomic mass is 10.1. The molecule has 0 saturated carbocycles. The van der Waals surface area contributed by atoms with Crippen LogP contribution in [0.3, 0.4) is 0 Å². The summed E-state index contributed by atoms with van der Waals surface area (Å²) in [7, 11) is -0.472. The standard InChI is InChI=1S/C15H24N2O4S/c1-6-7-11(2)16-15(18)13-10-12(8-9-14(13)21-4)17(3)22(5,19)20/h8-11H,6-7H2,1-5H3,(H,16,18). The van der Waals surface area contributed by atoms with Gasteiger partial charge in [0.15, 0.2) is 0 Å². The van der Waals surface area contributed by atoms with E-state index in [1.807, 2.05) is 13.8 Å². The molecule has 1 aromatic carbocycles. The normalized spacial score (nSPS) is 12.6. The minimum absolute atomic E-state index is 0.0403. The number of ether oxygens (including phenoxy) is 1. The average Bonchev–Trinajstić information content (AvgIpc) is 2.44. The molecule has 1 rings (SSSR count). The maximum absolute atomic E-state index is 12.4. The van der Waals surface area contributed by atoms with Gasteiger partial charge in [-0.05, 0) is 31.5 Å². The van der Waals surface area contributed by atoms with Gasteiger partial charge in [0, 0.05) is 13.1 Å². The Morgan fingerprint density at radius 1 is 1.41 bits per heavy atom. The summed E-state index contributed by atoms with van der Waals surface area (Å²) >= 11 is 0. The fraction of sp³-hybridized carbons (Fsp3) is 0.533. The molecule has 1 N–H and O–H groups in total. The monoisotopic (exact) mass is 328 g/mol. The van der Waals surface area contributed by atoms with Crippen LogP contribution in [0.2, 0.25) is 0 Å². The third-order valence-corrected chi connectivity index (χ3v) is 4.59. The molecule has 0 heterocycles. The molecule has 1 atom stereocenters. The number of rotatable bonds is 7. The Balaban J connectivity index is 3.14. The highest BCUT2D eigenvalue weighted by atomic mass is 32.2. The second-order valence-electron chi connectivity index (χ2n) is 5.28. The zero-order valence-electron chi connectivity index (χ0n) is 13.7. The number of hydrogen-bond acceptors (Lipinski definition) is 4. The zero-order valence-corrected chi connectivity index (χ0v) is 14.5. The van der Waals surface area contributed by atoms with Crippen molar-refractivity contribution in [2.24, 2.45) is 0 Å². The maximum atomic E-state index is 12.4. The number of carbonyl (C=O) groups is 1. The Morgan fingerprint density at radius 2 is 2.05 bits per heavy atom. The van der Waals surface area contributed by atoms with Crippen molar-refractivity contribution in [2.75, 3.05) is 24.7 Å². The Bertz CT molecular complexity index is 628. The van der Waals surface area contributed by atoms with Crippen LogP contribution in [-0.4, -0.2) is 40.8 Å². The van der Waals surface area contributed by atoms with Gasteiger partial charge in [-0.1, -0.05) is 13.3 Å². The van der Waals surface area contributed by atoms with E-state index < -0.39 is 10.0 Å². The molecule has 0 aromatic heterocycles. The van der Waals surface area contributed by atoms with Crippen LogP contribution in [-0.2, 0) is 10.0 Å². The quantitative estimate of drug-likeness (QED) is 0.831. The fourth-order valence-corrected chi connectivity index (χ4v) is 2.56. The van der Waals surface area contributed by atoms with Crippen molar-refractivity contribution in [1.29, 1.82) is 0 Å². The highest BCUT2D eigenvalue weighted by Gasteiger charge is 2.19. The zero-order chi connectivity index (χ0) is 16.9. The predicted molar refractivity (Wildman–Crippen MR) is 88.1 cm³/mol. The summed E-state index contributed by atoms with van der Waals surface area (Å²) in [6.45, 7) is 3.98. The number of nitrogens with one attached hydrogen (secondary N) is 1. The number of methoxy groups -OCH3 is 1. The highest BCUT2D eigenvalue weighted by Crippen LogP contribution is 2.25. The molecule has 0 aliphatic carbocycles. The molecule has 22 heavy (non-hydrogen) atoms. The summed E-state index contributed by atoms with van der Waals surface area (Å²) in [5.41, 5.74) is 0.732. The van der Waals surface area contributed by atoms with E-state index in [-0.39, 0.29) is 11.9 Å². The van der Waals surface area contributed by atoms with E-state index in [4.69, 9.17) is 4.74 Å². The van der Waals surface area contributed by atoms with E-state index in [9.17, 15) is 13.2 Å². The Hall–Kier alpha value is -1.76. The van der Waals surface area contributed by atoms with Gasteiger partial charge in [0.25, 0.3) is 5.91 Å². The molecule has 1 amide bonds. The number of nitrogens with zero attached hydrogens (tertiary/aromatic N) is 1. The van der Waals surface area contributed by atoms with Crippen LogP contribution >= 0.6 is 0 Å². The molecule has 0 bridgehead atoms. The Morgan fingerprint density at radius 3 is 2.55 bits per heavy atom. The summed E-state index contributed by atoms with van der Waals surface area (Å²) in [5.74, 6) is 0.133. The molecular weight excluding hydrogens is 304 g/mol. The molecule has 0 aliphatic heterocycles. The van der Waals surface area contributed by atoms with Crippen molar-refractivity contribution >= 4 is 21.6 Å². The summed E-state index contributed by atoms with van der Waals surface area (Å²) in [4.78, 5) is 12.4. The number of benzene rings is 1. The smallest absolute Gasteiger partial charge is 0.255 e. The van der Waals surface area contributed by atoms with Gasteiger partial charge in [0.2, 0.25) is 10.0 Å². The van der Waals surface area contributed by atoms with Crippen LogP contribution in [0.1, 0.15) is 37.0 Å². The summed E-state index contributed by atoms with van der Waals surface area (Å²) in [5, 5.41) is 2.89. The van der Waals surface area contributed by atoms with Crippen LogP contribution in [0.15, 0.2) is 18.2 Å². The topological polar surface area (TPSA) is 75.7 Å². The molecule has 0 saturated heterocycles. The first-order chi connectivity index (χ1) is 10.2. The van der Waals surface area contributed by atoms with Crippen LogP contribution in [0, 0.1) is 0 Å². The van der Waals surface area contributed by atoms with Crippen LogP contribution in [0.5, 0.6) is 5.75 Å². The molecule has 1 aromatic rings. The Kier molecular flexibility index (Phi) is 6.22. The second-order valence-corrected chi connectivity index (χ2v) is 7.29. The molecule has 0 radical (unpaired) electrons. The molecule has 6 nitrogen and oxygen atoms in total. The first-order valence-electron chi connectivity index (χ1n) is 7.13. The number of anilines is 1. The lowest BCUT2D eigenvalue weighted by Gasteiger charge is -2.19. The van der Waals surface area contributed by atoms with E-state index in [2.05, 4.69) is 5.32 Å². The SMILES string of the molecule is CCCC(C)NC(=O)c1cc(N(C)S(C)(=O)=O)ccc1OC. The van der Waals surface area contributed by atoms with Gasteiger partial charge < -0.3 is 10.1 Å². The van der Waals surface area contributed by atoms with Gasteiger partial charge >= 0.3 is 0 Å². The summed E-state index contributed by atoms with van der Waals surface area (Å²) < 4.78 is 29.6. The highest BCUT2D eigenvalue weighted by molar-refractivity contribution is 7.92. The number of sulfonamides is 1. The molecule has 124 valence electrons. The minimum atomic E-state index is -3.39. The maximum Gasteiger partial charge on any atom is 0.255 e. The van der Waals surface area contributed by atoms with Gasteiger partial charge in [-0.2, -0.15) is 0 Å². The van der Waals surface area contributed by atoms with Gasteiger partial charge in [0.1, 0.15) is 5.75 Å². The Labute approximate surface area is 132 Å². The summed E-state index contributed by atoms with van der Waals surface area (Å²) in [6, 6.07) is 4.76. The van der Waals surface area contributed by atoms with E-state index in [1.165, 1.54) is 20.2 Å². The van der Waals surface area contributed by atoms with E-state index in [0.29, 0.717) is 17.0 Å². The third kappa shape index (κ3) is 4.62. The van der Waals surface area contributed by atoms with Gasteiger partial charge in [-0.15, -0.1) is 0 Å².